The van der Waals surface area contributed by atoms with E-state index in [2.05, 4.69) is 18.3 Å². The molecule has 0 aromatic heterocycles. The van der Waals surface area contributed by atoms with Crippen LogP contribution in [0, 0.1) is 22.7 Å². The van der Waals surface area contributed by atoms with Crippen molar-refractivity contribution in [3.8, 4) is 6.07 Å². The molecule has 1 fully saturated rings. The predicted molar refractivity (Wildman–Crippen MR) is 60.4 cm³/mol. The van der Waals surface area contributed by atoms with Crippen LogP contribution < -0.4 is 5.32 Å². The van der Waals surface area contributed by atoms with Gasteiger partial charge in [-0.25, -0.2) is 0 Å². The van der Waals surface area contributed by atoms with Crippen molar-refractivity contribution in [2.45, 2.75) is 39.0 Å². The largest absolute Gasteiger partial charge is 0.396 e. The van der Waals surface area contributed by atoms with Crippen LogP contribution in [0.3, 0.4) is 0 Å². The van der Waals surface area contributed by atoms with Gasteiger partial charge in [0.05, 0.1) is 6.07 Å². The van der Waals surface area contributed by atoms with Gasteiger partial charge in [0.2, 0.25) is 5.91 Å². The van der Waals surface area contributed by atoms with Gasteiger partial charge in [0.1, 0.15) is 5.41 Å². The smallest absolute Gasteiger partial charge is 0.240 e. The molecule has 0 aliphatic heterocycles. The van der Waals surface area contributed by atoms with Crippen LogP contribution in [-0.2, 0) is 4.79 Å². The molecule has 0 saturated heterocycles. The van der Waals surface area contributed by atoms with Gasteiger partial charge >= 0.3 is 0 Å². The van der Waals surface area contributed by atoms with Gasteiger partial charge in [-0.1, -0.05) is 13.3 Å². The Morgan fingerprint density at radius 3 is 2.69 bits per heavy atom. The molecule has 0 heterocycles. The summed E-state index contributed by atoms with van der Waals surface area (Å²) in [6.45, 7) is 2.82. The summed E-state index contributed by atoms with van der Waals surface area (Å²) in [7, 11) is 0. The quantitative estimate of drug-likeness (QED) is 0.682. The standard InChI is InChI=1S/C12H20N2O2/c1-2-3-10(4-7-15)8-14-11(16)12(9-13)5-6-12/h10,15H,2-8H2,1H3,(H,14,16). The second-order valence-corrected chi connectivity index (χ2v) is 4.57. The van der Waals surface area contributed by atoms with Crippen molar-refractivity contribution >= 4 is 5.91 Å². The summed E-state index contributed by atoms with van der Waals surface area (Å²) in [6, 6.07) is 2.08. The Bertz CT molecular complexity index is 273. The predicted octanol–water partition coefficient (Wildman–Crippen LogP) is 1.21. The van der Waals surface area contributed by atoms with E-state index < -0.39 is 5.41 Å². The molecular weight excluding hydrogens is 204 g/mol. The summed E-state index contributed by atoms with van der Waals surface area (Å²) in [5, 5.41) is 20.6. The van der Waals surface area contributed by atoms with Crippen molar-refractivity contribution in [2.24, 2.45) is 11.3 Å². The fourth-order valence-corrected chi connectivity index (χ4v) is 1.86. The molecule has 4 nitrogen and oxygen atoms in total. The second-order valence-electron chi connectivity index (χ2n) is 4.57. The normalized spacial score (nSPS) is 18.6. The maximum absolute atomic E-state index is 11.7. The van der Waals surface area contributed by atoms with Crippen LogP contribution >= 0.6 is 0 Å². The van der Waals surface area contributed by atoms with Crippen molar-refractivity contribution < 1.29 is 9.90 Å². The van der Waals surface area contributed by atoms with E-state index in [0.29, 0.717) is 31.7 Å². The molecule has 0 radical (unpaired) electrons. The Hall–Kier alpha value is -1.08. The number of hydrogen-bond donors (Lipinski definition) is 2. The maximum atomic E-state index is 11.7. The van der Waals surface area contributed by atoms with Gasteiger partial charge in [-0.05, 0) is 31.6 Å². The minimum absolute atomic E-state index is 0.131. The van der Waals surface area contributed by atoms with E-state index in [1.807, 2.05) is 0 Å². The average molecular weight is 224 g/mol. The minimum atomic E-state index is -0.726. The van der Waals surface area contributed by atoms with Gasteiger partial charge in [0.15, 0.2) is 0 Å². The molecule has 1 amide bonds. The molecule has 2 N–H and O–H groups in total. The summed E-state index contributed by atoms with van der Waals surface area (Å²) in [4.78, 5) is 11.7. The Kier molecular flexibility index (Phi) is 4.75. The highest BCUT2D eigenvalue weighted by atomic mass is 16.3. The Labute approximate surface area is 96.6 Å². The van der Waals surface area contributed by atoms with Gasteiger partial charge in [0.25, 0.3) is 0 Å². The molecule has 0 spiro atoms. The van der Waals surface area contributed by atoms with Crippen LogP contribution in [0.2, 0.25) is 0 Å². The topological polar surface area (TPSA) is 73.1 Å². The van der Waals surface area contributed by atoms with Crippen LogP contribution in [0.5, 0.6) is 0 Å². The third-order valence-electron chi connectivity index (χ3n) is 3.18. The summed E-state index contributed by atoms with van der Waals surface area (Å²) in [5.74, 6) is 0.197. The SMILES string of the molecule is CCCC(CCO)CNC(=O)C1(C#N)CC1. The molecule has 1 saturated carbocycles. The molecule has 4 heteroatoms. The van der Waals surface area contributed by atoms with Crippen molar-refractivity contribution in [1.82, 2.24) is 5.32 Å². The minimum Gasteiger partial charge on any atom is -0.396 e. The number of aliphatic hydroxyl groups excluding tert-OH is 1. The van der Waals surface area contributed by atoms with Gasteiger partial charge in [-0.15, -0.1) is 0 Å². The molecule has 1 aliphatic carbocycles. The molecule has 0 aromatic carbocycles. The highest BCUT2D eigenvalue weighted by Gasteiger charge is 2.50. The summed E-state index contributed by atoms with van der Waals surface area (Å²) >= 11 is 0. The second kappa shape index (κ2) is 5.86. The van der Waals surface area contributed by atoms with E-state index >= 15 is 0 Å². The third-order valence-corrected chi connectivity index (χ3v) is 3.18. The highest BCUT2D eigenvalue weighted by molar-refractivity contribution is 5.88. The Morgan fingerprint density at radius 1 is 1.56 bits per heavy atom. The molecule has 1 unspecified atom stereocenters. The van der Waals surface area contributed by atoms with Crippen molar-refractivity contribution in [2.75, 3.05) is 13.2 Å². The summed E-state index contributed by atoms with van der Waals surface area (Å²) in [6.07, 6.45) is 4.14. The lowest BCUT2D eigenvalue weighted by atomic mass is 9.99. The first kappa shape index (κ1) is 13.0. The lowest BCUT2D eigenvalue weighted by molar-refractivity contribution is -0.124. The monoisotopic (exact) mass is 224 g/mol. The first-order valence-corrected chi connectivity index (χ1v) is 5.99. The van der Waals surface area contributed by atoms with E-state index in [-0.39, 0.29) is 12.5 Å². The van der Waals surface area contributed by atoms with Gasteiger partial charge in [-0.3, -0.25) is 4.79 Å². The lowest BCUT2D eigenvalue weighted by Gasteiger charge is -2.16. The van der Waals surface area contributed by atoms with Crippen LogP contribution in [0.15, 0.2) is 0 Å². The van der Waals surface area contributed by atoms with Gasteiger partial charge in [-0.2, -0.15) is 5.26 Å². The van der Waals surface area contributed by atoms with Gasteiger partial charge < -0.3 is 10.4 Å². The fourth-order valence-electron chi connectivity index (χ4n) is 1.86. The van der Waals surface area contributed by atoms with Crippen LogP contribution in [0.4, 0.5) is 0 Å². The molecule has 1 atom stereocenters. The van der Waals surface area contributed by atoms with Crippen LogP contribution in [-0.4, -0.2) is 24.2 Å². The molecule has 0 aromatic rings. The molecule has 90 valence electrons. The third kappa shape index (κ3) is 3.21. The zero-order valence-electron chi connectivity index (χ0n) is 9.83. The number of nitrogens with zero attached hydrogens (tertiary/aromatic N) is 1. The number of aliphatic hydroxyl groups is 1. The van der Waals surface area contributed by atoms with E-state index in [4.69, 9.17) is 10.4 Å². The van der Waals surface area contributed by atoms with E-state index in [1.165, 1.54) is 0 Å². The summed E-state index contributed by atoms with van der Waals surface area (Å²) in [5.41, 5.74) is -0.726. The van der Waals surface area contributed by atoms with Crippen molar-refractivity contribution in [3.05, 3.63) is 0 Å². The molecule has 16 heavy (non-hydrogen) atoms. The Balaban J connectivity index is 2.32. The van der Waals surface area contributed by atoms with Crippen LogP contribution in [0.25, 0.3) is 0 Å². The molecule has 0 bridgehead atoms. The zero-order chi connectivity index (χ0) is 12.0. The lowest BCUT2D eigenvalue weighted by Crippen LogP contribution is -2.35. The molecule has 1 aliphatic rings. The molecule has 1 rings (SSSR count). The number of carbonyl (C=O) groups is 1. The zero-order valence-corrected chi connectivity index (χ0v) is 9.83. The number of nitrogens with one attached hydrogen (secondary N) is 1. The fraction of sp³-hybridized carbons (Fsp3) is 0.833. The van der Waals surface area contributed by atoms with E-state index in [1.54, 1.807) is 0 Å². The van der Waals surface area contributed by atoms with Crippen molar-refractivity contribution in [3.63, 3.8) is 0 Å². The number of nitriles is 1. The van der Waals surface area contributed by atoms with Crippen LogP contribution in [0.1, 0.15) is 39.0 Å². The van der Waals surface area contributed by atoms with E-state index in [9.17, 15) is 4.79 Å². The maximum Gasteiger partial charge on any atom is 0.240 e. The summed E-state index contributed by atoms with van der Waals surface area (Å²) < 4.78 is 0. The molecular formula is C12H20N2O2. The average Bonchev–Trinajstić information content (AvgIpc) is 3.07. The van der Waals surface area contributed by atoms with Crippen molar-refractivity contribution in [1.29, 1.82) is 5.26 Å². The highest BCUT2D eigenvalue weighted by Crippen LogP contribution is 2.44. The van der Waals surface area contributed by atoms with Gasteiger partial charge in [0, 0.05) is 13.2 Å². The van der Waals surface area contributed by atoms with E-state index in [0.717, 1.165) is 12.8 Å². The Morgan fingerprint density at radius 2 is 2.25 bits per heavy atom. The number of hydrogen-bond acceptors (Lipinski definition) is 3. The number of carbonyl (C=O) groups excluding carboxylic acids is 1. The first-order valence-electron chi connectivity index (χ1n) is 5.99. The first-order chi connectivity index (χ1) is 7.68. The number of rotatable bonds is 7. The number of amides is 1.